The Labute approximate surface area is 125 Å². The number of allylic oxidation sites excluding steroid dienone is 1. The SMILES string of the molecule is CN(C)[C@@H]1C=C(O[Si](C)(C)C(C)(C)C)CC[C@@]1(C)C=O. The molecule has 0 saturated carbocycles. The van der Waals surface area contributed by atoms with Crippen LogP contribution in [0.1, 0.15) is 40.5 Å². The monoisotopic (exact) mass is 297 g/mol. The predicted molar refractivity (Wildman–Crippen MR) is 87.2 cm³/mol. The summed E-state index contributed by atoms with van der Waals surface area (Å²) in [6.07, 6.45) is 5.00. The van der Waals surface area contributed by atoms with Gasteiger partial charge in [0.25, 0.3) is 0 Å². The molecule has 0 aromatic heterocycles. The number of rotatable bonds is 4. The van der Waals surface area contributed by atoms with Crippen LogP contribution in [0.3, 0.4) is 0 Å². The van der Waals surface area contributed by atoms with Gasteiger partial charge in [0.2, 0.25) is 8.32 Å². The first-order valence-corrected chi connectivity index (χ1v) is 10.4. The Kier molecular flexibility index (Phi) is 4.92. The third-order valence-electron chi connectivity index (χ3n) is 4.95. The molecule has 0 amide bonds. The average molecular weight is 298 g/mol. The summed E-state index contributed by atoms with van der Waals surface area (Å²) in [5, 5.41) is 0.201. The van der Waals surface area contributed by atoms with E-state index in [4.69, 9.17) is 4.43 Å². The zero-order valence-electron chi connectivity index (χ0n) is 14.4. The predicted octanol–water partition coefficient (Wildman–Crippen LogP) is 3.82. The van der Waals surface area contributed by atoms with Crippen LogP contribution in [0.4, 0.5) is 0 Å². The molecule has 0 radical (unpaired) electrons. The number of carbonyl (C=O) groups is 1. The number of carbonyl (C=O) groups excluding carboxylic acids is 1. The van der Waals surface area contributed by atoms with Gasteiger partial charge in [-0.3, -0.25) is 0 Å². The van der Waals surface area contributed by atoms with Gasteiger partial charge >= 0.3 is 0 Å². The third-order valence-corrected chi connectivity index (χ3v) is 9.33. The normalized spacial score (nSPS) is 28.2. The highest BCUT2D eigenvalue weighted by Crippen LogP contribution is 2.42. The molecule has 116 valence electrons. The smallest absolute Gasteiger partial charge is 0.250 e. The van der Waals surface area contributed by atoms with E-state index in [1.54, 1.807) is 0 Å². The van der Waals surface area contributed by atoms with Gasteiger partial charge in [0.1, 0.15) is 6.29 Å². The Bertz CT molecular complexity index is 396. The summed E-state index contributed by atoms with van der Waals surface area (Å²) in [6, 6.07) is 0.119. The molecule has 20 heavy (non-hydrogen) atoms. The zero-order chi connectivity index (χ0) is 15.8. The van der Waals surface area contributed by atoms with Crippen molar-refractivity contribution in [3.05, 3.63) is 11.8 Å². The number of aldehydes is 1. The fourth-order valence-corrected chi connectivity index (χ4v) is 3.56. The van der Waals surface area contributed by atoms with Gasteiger partial charge in [-0.25, -0.2) is 0 Å². The van der Waals surface area contributed by atoms with E-state index in [0.29, 0.717) is 0 Å². The summed E-state index contributed by atoms with van der Waals surface area (Å²) in [5.41, 5.74) is -0.302. The average Bonchev–Trinajstić information content (AvgIpc) is 2.29. The van der Waals surface area contributed by atoms with Gasteiger partial charge in [0.15, 0.2) is 0 Å². The van der Waals surface area contributed by atoms with Crippen LogP contribution in [0.15, 0.2) is 11.8 Å². The second kappa shape index (κ2) is 5.64. The van der Waals surface area contributed by atoms with Gasteiger partial charge in [0.05, 0.1) is 5.76 Å². The molecule has 0 heterocycles. The topological polar surface area (TPSA) is 29.5 Å². The summed E-state index contributed by atoms with van der Waals surface area (Å²) in [6.45, 7) is 13.3. The Morgan fingerprint density at radius 2 is 1.95 bits per heavy atom. The minimum Gasteiger partial charge on any atom is -0.547 e. The first-order chi connectivity index (χ1) is 8.93. The third kappa shape index (κ3) is 3.53. The molecule has 0 spiro atoms. The van der Waals surface area contributed by atoms with Crippen molar-refractivity contribution < 1.29 is 9.22 Å². The maximum atomic E-state index is 11.5. The van der Waals surface area contributed by atoms with Crippen LogP contribution in [-0.4, -0.2) is 39.6 Å². The summed E-state index contributed by atoms with van der Waals surface area (Å²) < 4.78 is 6.42. The van der Waals surface area contributed by atoms with E-state index < -0.39 is 8.32 Å². The summed E-state index contributed by atoms with van der Waals surface area (Å²) in [7, 11) is 2.26. The molecule has 0 aromatic rings. The molecule has 0 aromatic carbocycles. The molecule has 0 bridgehead atoms. The minimum atomic E-state index is -1.79. The highest BCUT2D eigenvalue weighted by Gasteiger charge is 2.42. The minimum absolute atomic E-state index is 0.119. The van der Waals surface area contributed by atoms with Crippen LogP contribution in [0, 0.1) is 5.41 Å². The van der Waals surface area contributed by atoms with Crippen molar-refractivity contribution in [3.63, 3.8) is 0 Å². The molecule has 1 rings (SSSR count). The largest absolute Gasteiger partial charge is 0.547 e. The van der Waals surface area contributed by atoms with Crippen LogP contribution < -0.4 is 0 Å². The van der Waals surface area contributed by atoms with Crippen molar-refractivity contribution in [2.45, 2.75) is 64.7 Å². The molecule has 1 aliphatic carbocycles. The molecule has 0 N–H and O–H groups in total. The molecular weight excluding hydrogens is 266 g/mol. The summed E-state index contributed by atoms with van der Waals surface area (Å²) >= 11 is 0. The number of nitrogens with zero attached hydrogens (tertiary/aromatic N) is 1. The van der Waals surface area contributed by atoms with Crippen molar-refractivity contribution >= 4 is 14.6 Å². The molecule has 0 aliphatic heterocycles. The highest BCUT2D eigenvalue weighted by atomic mass is 28.4. The number of hydrogen-bond acceptors (Lipinski definition) is 3. The van der Waals surface area contributed by atoms with E-state index in [-0.39, 0.29) is 16.5 Å². The van der Waals surface area contributed by atoms with Crippen LogP contribution in [0.5, 0.6) is 0 Å². The van der Waals surface area contributed by atoms with E-state index in [1.165, 1.54) is 0 Å². The van der Waals surface area contributed by atoms with Crippen molar-refractivity contribution in [1.29, 1.82) is 0 Å². The van der Waals surface area contributed by atoms with Gasteiger partial charge in [-0.05, 0) is 44.7 Å². The van der Waals surface area contributed by atoms with Crippen LogP contribution in [0.2, 0.25) is 18.1 Å². The Morgan fingerprint density at radius 3 is 2.35 bits per heavy atom. The molecule has 4 heteroatoms. The summed E-state index contributed by atoms with van der Waals surface area (Å²) in [5.74, 6) is 1.08. The lowest BCUT2D eigenvalue weighted by molar-refractivity contribution is -0.118. The zero-order valence-corrected chi connectivity index (χ0v) is 15.4. The fraction of sp³-hybridized carbons (Fsp3) is 0.812. The van der Waals surface area contributed by atoms with E-state index in [0.717, 1.165) is 24.9 Å². The second-order valence-electron chi connectivity index (χ2n) is 8.03. The first-order valence-electron chi connectivity index (χ1n) is 7.45. The molecular formula is C16H31NO2Si. The van der Waals surface area contributed by atoms with E-state index in [9.17, 15) is 4.79 Å². The Hall–Kier alpha value is -0.613. The molecule has 0 unspecified atom stereocenters. The van der Waals surface area contributed by atoms with E-state index in [2.05, 4.69) is 44.8 Å². The molecule has 0 fully saturated rings. The number of likely N-dealkylation sites (N-methyl/N-ethyl adjacent to an activating group) is 1. The molecule has 3 nitrogen and oxygen atoms in total. The molecule has 1 aliphatic rings. The van der Waals surface area contributed by atoms with Crippen LogP contribution in [0.25, 0.3) is 0 Å². The second-order valence-corrected chi connectivity index (χ2v) is 12.8. The molecule has 0 saturated heterocycles. The van der Waals surface area contributed by atoms with Crippen molar-refractivity contribution in [3.8, 4) is 0 Å². The van der Waals surface area contributed by atoms with Crippen LogP contribution >= 0.6 is 0 Å². The lowest BCUT2D eigenvalue weighted by Crippen LogP contribution is -2.46. The van der Waals surface area contributed by atoms with E-state index in [1.807, 2.05) is 21.0 Å². The lowest BCUT2D eigenvalue weighted by atomic mass is 9.75. The van der Waals surface area contributed by atoms with Crippen molar-refractivity contribution in [2.75, 3.05) is 14.1 Å². The summed E-state index contributed by atoms with van der Waals surface area (Å²) in [4.78, 5) is 13.6. The fourth-order valence-electron chi connectivity index (χ4n) is 2.42. The first kappa shape index (κ1) is 17.4. The van der Waals surface area contributed by atoms with Crippen LogP contribution in [-0.2, 0) is 9.22 Å². The van der Waals surface area contributed by atoms with Crippen molar-refractivity contribution in [1.82, 2.24) is 4.90 Å². The standard InChI is InChI=1S/C16H31NO2Si/c1-15(2,3)20(7,8)19-13-9-10-16(4,12-18)14(11-13)17(5)6/h11-12,14H,9-10H2,1-8H3/t14-,16+/m1/s1. The van der Waals surface area contributed by atoms with E-state index >= 15 is 0 Å². The highest BCUT2D eigenvalue weighted by molar-refractivity contribution is 6.74. The lowest BCUT2D eigenvalue weighted by Gasteiger charge is -2.43. The van der Waals surface area contributed by atoms with Gasteiger partial charge < -0.3 is 14.1 Å². The maximum absolute atomic E-state index is 11.5. The Morgan fingerprint density at radius 1 is 1.40 bits per heavy atom. The van der Waals surface area contributed by atoms with Crippen molar-refractivity contribution in [2.24, 2.45) is 5.41 Å². The van der Waals surface area contributed by atoms with Gasteiger partial charge in [-0.1, -0.05) is 27.7 Å². The Balaban J connectivity index is 2.99. The van der Waals surface area contributed by atoms with Gasteiger partial charge in [0, 0.05) is 17.9 Å². The molecule has 2 atom stereocenters. The quantitative estimate of drug-likeness (QED) is 0.583. The number of hydrogen-bond donors (Lipinski definition) is 0. The van der Waals surface area contributed by atoms with Gasteiger partial charge in [-0.2, -0.15) is 0 Å². The van der Waals surface area contributed by atoms with Gasteiger partial charge in [-0.15, -0.1) is 0 Å². The maximum Gasteiger partial charge on any atom is 0.250 e.